The number of carbonyl (C=O) groups excluding carboxylic acids is 4. The molecule has 14 nitrogen and oxygen atoms in total. The lowest BCUT2D eigenvalue weighted by molar-refractivity contribution is -0.329. The number of aliphatic hydroxyl groups is 5. The number of amides is 1. The third-order valence-electron chi connectivity index (χ3n) is 12.0. The molecule has 1 saturated carbocycles. The first kappa shape index (κ1) is 43.7. The van der Waals surface area contributed by atoms with Gasteiger partial charge in [0.15, 0.2) is 11.9 Å². The molecule has 2 aromatic carbocycles. The molecule has 6 N–H and O–H groups in total. The lowest BCUT2D eigenvalue weighted by Crippen LogP contribution is -2.75. The predicted octanol–water partition coefficient (Wildman–Crippen LogP) is 3.32. The van der Waals surface area contributed by atoms with Crippen LogP contribution in [0, 0.1) is 17.3 Å². The van der Waals surface area contributed by atoms with Gasteiger partial charge >= 0.3 is 18.0 Å². The number of fused-ring (bicyclic) bond motifs is 1. The highest BCUT2D eigenvalue weighted by Crippen LogP contribution is 2.57. The van der Waals surface area contributed by atoms with Crippen molar-refractivity contribution in [2.45, 2.75) is 122 Å². The Morgan fingerprint density at radius 2 is 1.60 bits per heavy atom. The number of hydrogen-bond donors (Lipinski definition) is 6. The van der Waals surface area contributed by atoms with Crippen LogP contribution in [-0.4, -0.2) is 110 Å². The lowest BCUT2D eigenvalue weighted by Gasteiger charge is -2.62. The van der Waals surface area contributed by atoms with Gasteiger partial charge in [0.25, 0.3) is 0 Å². The topological polar surface area (TPSA) is 218 Å². The van der Waals surface area contributed by atoms with E-state index in [-0.39, 0.29) is 36.3 Å². The zero-order chi connectivity index (χ0) is 42.0. The Morgan fingerprint density at radius 1 is 0.982 bits per heavy atom. The normalized spacial score (nSPS) is 29.9. The van der Waals surface area contributed by atoms with Crippen LogP contribution in [0.4, 0.5) is 4.79 Å². The maximum atomic E-state index is 13.9. The first-order valence-electron chi connectivity index (χ1n) is 19.1. The molecular weight excluding hydrogens is 738 g/mol. The lowest BCUT2D eigenvalue weighted by atomic mass is 9.52. The first-order chi connectivity index (χ1) is 26.7. The fourth-order valence-corrected chi connectivity index (χ4v) is 8.63. The summed E-state index contributed by atoms with van der Waals surface area (Å²) in [7, 11) is 0. The Bertz CT molecular complexity index is 1860. The van der Waals surface area contributed by atoms with Crippen molar-refractivity contribution in [3.8, 4) is 0 Å². The molecule has 57 heavy (non-hydrogen) atoms. The summed E-state index contributed by atoms with van der Waals surface area (Å²) in [5, 5.41) is 62.0. The second-order valence-corrected chi connectivity index (χ2v) is 16.4. The molecule has 1 aliphatic heterocycles. The number of carbonyl (C=O) groups is 4. The van der Waals surface area contributed by atoms with Gasteiger partial charge in [-0.25, -0.2) is 14.4 Å². The van der Waals surface area contributed by atoms with E-state index in [2.05, 4.69) is 5.32 Å². The third kappa shape index (κ3) is 8.71. The number of aliphatic hydroxyl groups excluding tert-OH is 3. The van der Waals surface area contributed by atoms with Gasteiger partial charge in [0.05, 0.1) is 30.4 Å². The molecule has 2 aliphatic carbocycles. The molecule has 3 aliphatic rings. The molecule has 0 radical (unpaired) electrons. The molecule has 14 heteroatoms. The van der Waals surface area contributed by atoms with Crippen LogP contribution < -0.4 is 5.32 Å². The van der Waals surface area contributed by atoms with Crippen molar-refractivity contribution in [2.24, 2.45) is 17.3 Å². The second-order valence-electron chi connectivity index (χ2n) is 16.4. The fourth-order valence-electron chi connectivity index (χ4n) is 8.63. The number of alkyl carbamates (subject to hydrolysis) is 1. The van der Waals surface area contributed by atoms with E-state index in [1.54, 1.807) is 77.1 Å². The number of ether oxygens (including phenoxy) is 4. The van der Waals surface area contributed by atoms with Gasteiger partial charge in [0.1, 0.15) is 36.1 Å². The van der Waals surface area contributed by atoms with Gasteiger partial charge in [-0.3, -0.25) is 4.79 Å². The summed E-state index contributed by atoms with van der Waals surface area (Å²) in [5.41, 5.74) is -4.01. The molecule has 1 saturated heterocycles. The minimum absolute atomic E-state index is 0.0299. The smallest absolute Gasteiger partial charge is 0.408 e. The van der Waals surface area contributed by atoms with Crippen molar-refractivity contribution in [2.75, 3.05) is 6.61 Å². The summed E-state index contributed by atoms with van der Waals surface area (Å²) >= 11 is 0. The van der Waals surface area contributed by atoms with Gasteiger partial charge < -0.3 is 49.8 Å². The van der Waals surface area contributed by atoms with Gasteiger partial charge in [0.2, 0.25) is 0 Å². The van der Waals surface area contributed by atoms with Gasteiger partial charge in [0, 0.05) is 24.2 Å². The fraction of sp³-hybridized carbons (Fsp3) is 0.535. The first-order valence-corrected chi connectivity index (χ1v) is 19.1. The molecule has 5 rings (SSSR count). The Kier molecular flexibility index (Phi) is 13.2. The zero-order valence-corrected chi connectivity index (χ0v) is 33.4. The molecule has 9 unspecified atom stereocenters. The number of benzene rings is 2. The van der Waals surface area contributed by atoms with Gasteiger partial charge in [-0.15, -0.1) is 0 Å². The molecule has 0 aromatic heterocycles. The van der Waals surface area contributed by atoms with E-state index in [0.29, 0.717) is 11.1 Å². The maximum absolute atomic E-state index is 13.9. The van der Waals surface area contributed by atoms with Gasteiger partial charge in [-0.2, -0.15) is 0 Å². The zero-order valence-electron chi connectivity index (χ0n) is 33.4. The second kappa shape index (κ2) is 17.2. The highest BCUT2D eigenvalue weighted by Gasteiger charge is 2.69. The summed E-state index contributed by atoms with van der Waals surface area (Å²) < 4.78 is 23.1. The van der Waals surface area contributed by atoms with Crippen molar-refractivity contribution in [3.05, 3.63) is 94.6 Å². The van der Waals surface area contributed by atoms with Crippen LogP contribution in [0.3, 0.4) is 0 Å². The van der Waals surface area contributed by atoms with Crippen molar-refractivity contribution in [1.82, 2.24) is 5.32 Å². The Balaban J connectivity index is 1.54. The standard InChI is InChI=1S/C43H55NO13/c1-23(2)18-29(44-40(51)54-21-27-14-10-8-11-15-27)36(48)39(50)56-31-20-43(53,41(6,7)33(25(31)4)35(47)26(5)45)37(57-38(49)28-16-12-9-13-17-28)34-24(3)30(46)19-32-42(34,52)22-55-32/h8-18,24,29-32,34-37,46-48,52-53H,19-22H2,1-7H3,(H,44,51)/t24-,29?,30?,31?,32?,34?,35?,36?,37?,42-,43?/m0/s1. The molecule has 11 atom stereocenters. The van der Waals surface area contributed by atoms with E-state index in [1.165, 1.54) is 25.1 Å². The van der Waals surface area contributed by atoms with Crippen LogP contribution in [0.2, 0.25) is 0 Å². The molecule has 1 heterocycles. The van der Waals surface area contributed by atoms with Crippen molar-refractivity contribution >= 4 is 23.8 Å². The number of nitrogens with one attached hydrogen (secondary N) is 1. The minimum atomic E-state index is -2.33. The highest BCUT2D eigenvalue weighted by molar-refractivity contribution is 5.89. The van der Waals surface area contributed by atoms with Crippen molar-refractivity contribution in [1.29, 1.82) is 0 Å². The predicted molar refractivity (Wildman–Crippen MR) is 205 cm³/mol. The van der Waals surface area contributed by atoms with Crippen LogP contribution in [0.15, 0.2) is 83.5 Å². The average molecular weight is 794 g/mol. The Hall–Kier alpha value is -4.44. The number of rotatable bonds is 13. The van der Waals surface area contributed by atoms with E-state index in [1.807, 2.05) is 6.07 Å². The van der Waals surface area contributed by atoms with Gasteiger partial charge in [-0.1, -0.05) is 81.0 Å². The van der Waals surface area contributed by atoms with Crippen LogP contribution in [0.5, 0.6) is 0 Å². The quantitative estimate of drug-likeness (QED) is 0.0976. The number of esters is 2. The summed E-state index contributed by atoms with van der Waals surface area (Å²) in [6.45, 7) is 10.5. The van der Waals surface area contributed by atoms with Crippen LogP contribution >= 0.6 is 0 Å². The van der Waals surface area contributed by atoms with E-state index < -0.39 is 101 Å². The summed E-state index contributed by atoms with van der Waals surface area (Å²) in [6, 6.07) is 15.5. The molecular formula is C43H55NO13. The summed E-state index contributed by atoms with van der Waals surface area (Å²) in [4.78, 5) is 53.6. The van der Waals surface area contributed by atoms with E-state index in [4.69, 9.17) is 18.9 Å². The number of ketones is 1. The molecule has 2 fully saturated rings. The van der Waals surface area contributed by atoms with E-state index in [0.717, 1.165) is 6.92 Å². The number of hydrogen-bond acceptors (Lipinski definition) is 13. The van der Waals surface area contributed by atoms with Crippen LogP contribution in [-0.2, 0) is 35.1 Å². The largest absolute Gasteiger partial charge is 0.456 e. The third-order valence-corrected chi connectivity index (χ3v) is 12.0. The summed E-state index contributed by atoms with van der Waals surface area (Å²) in [6.07, 6.45) is -8.74. The molecule has 310 valence electrons. The average Bonchev–Trinajstić information content (AvgIpc) is 3.16. The molecule has 0 bridgehead atoms. The van der Waals surface area contributed by atoms with E-state index >= 15 is 0 Å². The van der Waals surface area contributed by atoms with E-state index in [9.17, 15) is 44.7 Å². The SMILES string of the molecule is CC(=O)C(O)C1=C(C)C(OC(=O)C(O)C(C=C(C)C)NC(=O)OCc2ccccc2)CC(O)(C(OC(=O)c2ccccc2)C2[C@@H](C)C(O)CC3OC[C@]32O)C1(C)C. The monoisotopic (exact) mass is 793 g/mol. The molecule has 2 aromatic rings. The van der Waals surface area contributed by atoms with Crippen molar-refractivity contribution in [3.63, 3.8) is 0 Å². The van der Waals surface area contributed by atoms with Crippen molar-refractivity contribution < 1.29 is 63.7 Å². The molecule has 1 amide bonds. The van der Waals surface area contributed by atoms with Gasteiger partial charge in [-0.05, 0) is 62.5 Å². The van der Waals surface area contributed by atoms with Crippen LogP contribution in [0.1, 0.15) is 77.2 Å². The minimum Gasteiger partial charge on any atom is -0.456 e. The number of Topliss-reactive ketones (excluding diaryl/α,β-unsaturated/α-hetero) is 1. The molecule has 0 spiro atoms. The Labute approximate surface area is 332 Å². The highest BCUT2D eigenvalue weighted by atomic mass is 16.6. The Morgan fingerprint density at radius 3 is 2.16 bits per heavy atom. The summed E-state index contributed by atoms with van der Waals surface area (Å²) in [5.74, 6) is -4.73. The number of allylic oxidation sites excluding steroid dienone is 1. The van der Waals surface area contributed by atoms with Crippen LogP contribution in [0.25, 0.3) is 0 Å². The maximum Gasteiger partial charge on any atom is 0.408 e.